The monoisotopic (exact) mass is 384 g/mol. The van der Waals surface area contributed by atoms with Crippen molar-refractivity contribution in [2.45, 2.75) is 12.3 Å². The smallest absolute Gasteiger partial charge is 0.119 e. The molecule has 3 aromatic carbocycles. The van der Waals surface area contributed by atoms with Gasteiger partial charge in [0.25, 0.3) is 0 Å². The van der Waals surface area contributed by atoms with Gasteiger partial charge in [0.15, 0.2) is 0 Å². The van der Waals surface area contributed by atoms with E-state index in [2.05, 4.69) is 58.5 Å². The Labute approximate surface area is 171 Å². The number of aromatic nitrogens is 2. The molecule has 0 aliphatic carbocycles. The molecule has 0 amide bonds. The van der Waals surface area contributed by atoms with E-state index in [9.17, 15) is 0 Å². The number of hydrogen-bond donors (Lipinski definition) is 1. The summed E-state index contributed by atoms with van der Waals surface area (Å²) < 4.78 is 10.9. The summed E-state index contributed by atoms with van der Waals surface area (Å²) in [7, 11) is 3.39. The van der Waals surface area contributed by atoms with Gasteiger partial charge in [-0.05, 0) is 46.5 Å². The van der Waals surface area contributed by atoms with Gasteiger partial charge in [-0.25, -0.2) is 4.98 Å². The Morgan fingerprint density at radius 3 is 2.17 bits per heavy atom. The number of benzene rings is 3. The van der Waals surface area contributed by atoms with E-state index in [0.29, 0.717) is 6.42 Å². The second-order valence-electron chi connectivity index (χ2n) is 6.89. The summed E-state index contributed by atoms with van der Waals surface area (Å²) in [6.45, 7) is 0. The highest BCUT2D eigenvalue weighted by Gasteiger charge is 2.21. The minimum Gasteiger partial charge on any atom is -0.497 e. The number of aromatic amines is 1. The molecule has 4 aromatic rings. The van der Waals surface area contributed by atoms with E-state index < -0.39 is 0 Å². The van der Waals surface area contributed by atoms with Crippen molar-refractivity contribution in [1.29, 1.82) is 0 Å². The number of nitrogens with one attached hydrogen (secondary N) is 1. The molecule has 1 unspecified atom stereocenters. The molecule has 1 atom stereocenters. The molecule has 4 rings (SSSR count). The average Bonchev–Trinajstić information content (AvgIpc) is 3.29. The Morgan fingerprint density at radius 1 is 0.828 bits per heavy atom. The summed E-state index contributed by atoms with van der Waals surface area (Å²) in [5, 5.41) is 0. The van der Waals surface area contributed by atoms with Crippen molar-refractivity contribution in [2.24, 2.45) is 0 Å². The van der Waals surface area contributed by atoms with Crippen LogP contribution in [0.4, 0.5) is 0 Å². The lowest BCUT2D eigenvalue weighted by Crippen LogP contribution is -2.08. The molecule has 1 N–H and O–H groups in total. The van der Waals surface area contributed by atoms with Crippen LogP contribution < -0.4 is 9.47 Å². The molecule has 29 heavy (non-hydrogen) atoms. The van der Waals surface area contributed by atoms with Crippen molar-refractivity contribution in [3.63, 3.8) is 0 Å². The number of H-pyrrole nitrogens is 1. The van der Waals surface area contributed by atoms with Crippen LogP contribution in [0.5, 0.6) is 11.5 Å². The van der Waals surface area contributed by atoms with E-state index in [-0.39, 0.29) is 5.92 Å². The molecule has 0 saturated heterocycles. The van der Waals surface area contributed by atoms with Crippen LogP contribution in [0.25, 0.3) is 0 Å². The molecule has 4 heteroatoms. The molecule has 1 aromatic heterocycles. The van der Waals surface area contributed by atoms with Crippen LogP contribution >= 0.6 is 0 Å². The quantitative estimate of drug-likeness (QED) is 0.446. The number of rotatable bonds is 7. The predicted octanol–water partition coefficient (Wildman–Crippen LogP) is 5.20. The largest absolute Gasteiger partial charge is 0.497 e. The molecule has 0 aliphatic heterocycles. The van der Waals surface area contributed by atoms with Crippen LogP contribution in [0.3, 0.4) is 0 Å². The van der Waals surface area contributed by atoms with Gasteiger partial charge in [0.1, 0.15) is 17.3 Å². The maximum Gasteiger partial charge on any atom is 0.119 e. The number of imidazole rings is 1. The number of ether oxygens (including phenoxy) is 2. The van der Waals surface area contributed by atoms with Gasteiger partial charge in [-0.15, -0.1) is 0 Å². The Balaban J connectivity index is 1.85. The van der Waals surface area contributed by atoms with E-state index in [1.165, 1.54) is 22.3 Å². The highest BCUT2D eigenvalue weighted by atomic mass is 16.5. The molecule has 0 aliphatic rings. The van der Waals surface area contributed by atoms with E-state index >= 15 is 0 Å². The topological polar surface area (TPSA) is 47.1 Å². The molecule has 0 bridgehead atoms. The minimum absolute atomic E-state index is 0.0953. The fourth-order valence-corrected chi connectivity index (χ4v) is 3.71. The summed E-state index contributed by atoms with van der Waals surface area (Å²) >= 11 is 0. The van der Waals surface area contributed by atoms with Gasteiger partial charge in [0, 0.05) is 24.7 Å². The Morgan fingerprint density at radius 2 is 1.52 bits per heavy atom. The Kier molecular flexibility index (Phi) is 5.61. The van der Waals surface area contributed by atoms with Crippen LogP contribution in [0.2, 0.25) is 0 Å². The van der Waals surface area contributed by atoms with E-state index in [1.54, 1.807) is 20.4 Å². The minimum atomic E-state index is 0.0953. The molecule has 1 heterocycles. The zero-order valence-electron chi connectivity index (χ0n) is 16.6. The molecular formula is C25H24N2O2. The van der Waals surface area contributed by atoms with Gasteiger partial charge in [0.2, 0.25) is 0 Å². The first-order chi connectivity index (χ1) is 14.3. The van der Waals surface area contributed by atoms with E-state index in [0.717, 1.165) is 17.3 Å². The average molecular weight is 384 g/mol. The van der Waals surface area contributed by atoms with Crippen LogP contribution in [0.1, 0.15) is 34.0 Å². The van der Waals surface area contributed by atoms with Gasteiger partial charge in [-0.1, -0.05) is 48.5 Å². The van der Waals surface area contributed by atoms with E-state index in [1.807, 2.05) is 30.5 Å². The lowest BCUT2D eigenvalue weighted by Gasteiger charge is -2.22. The molecule has 0 saturated carbocycles. The SMILES string of the molecule is COc1ccc(C(c2ccccc2)c2ccc(OC)cc2Cc2ncc[nH]2)cc1. The summed E-state index contributed by atoms with van der Waals surface area (Å²) in [5.74, 6) is 2.72. The first-order valence-electron chi connectivity index (χ1n) is 9.62. The van der Waals surface area contributed by atoms with Crippen molar-refractivity contribution >= 4 is 0 Å². The van der Waals surface area contributed by atoms with Gasteiger partial charge < -0.3 is 14.5 Å². The molecule has 146 valence electrons. The highest BCUT2D eigenvalue weighted by molar-refractivity contribution is 5.50. The van der Waals surface area contributed by atoms with Gasteiger partial charge >= 0.3 is 0 Å². The first-order valence-corrected chi connectivity index (χ1v) is 9.62. The third kappa shape index (κ3) is 4.16. The number of nitrogens with zero attached hydrogens (tertiary/aromatic N) is 1. The van der Waals surface area contributed by atoms with Crippen molar-refractivity contribution in [3.05, 3.63) is 113 Å². The summed E-state index contributed by atoms with van der Waals surface area (Å²) in [5.41, 5.74) is 4.87. The summed E-state index contributed by atoms with van der Waals surface area (Å²) in [6.07, 6.45) is 4.35. The molecule has 0 fully saturated rings. The van der Waals surface area contributed by atoms with Gasteiger partial charge in [-0.3, -0.25) is 0 Å². The van der Waals surface area contributed by atoms with Crippen molar-refractivity contribution < 1.29 is 9.47 Å². The zero-order chi connectivity index (χ0) is 20.1. The molecular weight excluding hydrogens is 360 g/mol. The molecule has 0 radical (unpaired) electrons. The lowest BCUT2D eigenvalue weighted by atomic mass is 9.82. The predicted molar refractivity (Wildman–Crippen MR) is 115 cm³/mol. The fourth-order valence-electron chi connectivity index (χ4n) is 3.71. The Hall–Kier alpha value is -3.53. The maximum atomic E-state index is 5.50. The van der Waals surface area contributed by atoms with E-state index in [4.69, 9.17) is 9.47 Å². The van der Waals surface area contributed by atoms with Crippen molar-refractivity contribution in [1.82, 2.24) is 9.97 Å². The normalized spacial score (nSPS) is 11.8. The lowest BCUT2D eigenvalue weighted by molar-refractivity contribution is 0.414. The summed E-state index contributed by atoms with van der Waals surface area (Å²) in [6, 6.07) is 25.2. The van der Waals surface area contributed by atoms with Crippen molar-refractivity contribution in [2.75, 3.05) is 14.2 Å². The standard InChI is InChI=1S/C25H24N2O2/c1-28-21-10-8-19(9-11-21)25(18-6-4-3-5-7-18)23-13-12-22(29-2)16-20(23)17-24-26-14-15-27-24/h3-16,25H,17H2,1-2H3,(H,26,27). The van der Waals surface area contributed by atoms with Crippen LogP contribution in [-0.4, -0.2) is 24.2 Å². The van der Waals surface area contributed by atoms with Crippen LogP contribution in [-0.2, 0) is 6.42 Å². The second-order valence-corrected chi connectivity index (χ2v) is 6.89. The first kappa shape index (κ1) is 18.8. The third-order valence-corrected chi connectivity index (χ3v) is 5.16. The third-order valence-electron chi connectivity index (χ3n) is 5.16. The number of hydrogen-bond acceptors (Lipinski definition) is 3. The van der Waals surface area contributed by atoms with Gasteiger partial charge in [-0.2, -0.15) is 0 Å². The number of methoxy groups -OCH3 is 2. The second kappa shape index (κ2) is 8.65. The van der Waals surface area contributed by atoms with Crippen LogP contribution in [0.15, 0.2) is 85.2 Å². The fraction of sp³-hybridized carbons (Fsp3) is 0.160. The zero-order valence-corrected chi connectivity index (χ0v) is 16.6. The summed E-state index contributed by atoms with van der Waals surface area (Å²) in [4.78, 5) is 7.64. The van der Waals surface area contributed by atoms with Crippen LogP contribution in [0, 0.1) is 0 Å². The molecule has 4 nitrogen and oxygen atoms in total. The van der Waals surface area contributed by atoms with Crippen molar-refractivity contribution in [3.8, 4) is 11.5 Å². The molecule has 0 spiro atoms. The maximum absolute atomic E-state index is 5.50. The Bertz CT molecular complexity index is 1040. The van der Waals surface area contributed by atoms with Gasteiger partial charge in [0.05, 0.1) is 14.2 Å². The highest BCUT2D eigenvalue weighted by Crippen LogP contribution is 2.36.